The Labute approximate surface area is 126 Å². The van der Waals surface area contributed by atoms with E-state index in [1.54, 1.807) is 0 Å². The zero-order chi connectivity index (χ0) is 15.4. The van der Waals surface area contributed by atoms with Crippen molar-refractivity contribution in [3.63, 3.8) is 0 Å². The Kier molecular flexibility index (Phi) is 5.71. The van der Waals surface area contributed by atoms with Gasteiger partial charge in [-0.25, -0.2) is 8.78 Å². The summed E-state index contributed by atoms with van der Waals surface area (Å²) in [6.07, 6.45) is 2.35. The SMILES string of the molecule is CC(C)N(CC1CCNCC1)C(C)c1cc(F)cc(F)c1. The Balaban J connectivity index is 2.12. The summed E-state index contributed by atoms with van der Waals surface area (Å²) < 4.78 is 26.9. The third kappa shape index (κ3) is 4.48. The lowest BCUT2D eigenvalue weighted by atomic mass is 9.95. The molecular weight excluding hydrogens is 270 g/mol. The minimum Gasteiger partial charge on any atom is -0.317 e. The van der Waals surface area contributed by atoms with Gasteiger partial charge in [0.1, 0.15) is 11.6 Å². The van der Waals surface area contributed by atoms with E-state index in [1.165, 1.54) is 25.0 Å². The molecule has 2 rings (SSSR count). The summed E-state index contributed by atoms with van der Waals surface area (Å²) >= 11 is 0. The molecule has 0 bridgehead atoms. The van der Waals surface area contributed by atoms with Crippen molar-refractivity contribution in [2.75, 3.05) is 19.6 Å². The van der Waals surface area contributed by atoms with E-state index in [0.717, 1.165) is 31.3 Å². The lowest BCUT2D eigenvalue weighted by Gasteiger charge is -2.37. The summed E-state index contributed by atoms with van der Waals surface area (Å²) in [6, 6.07) is 4.20. The van der Waals surface area contributed by atoms with Crippen LogP contribution in [0.4, 0.5) is 8.78 Å². The van der Waals surface area contributed by atoms with Crippen LogP contribution in [0.25, 0.3) is 0 Å². The first kappa shape index (κ1) is 16.4. The standard InChI is InChI=1S/C17H26F2N2/c1-12(2)21(11-14-4-6-20-7-5-14)13(3)15-8-16(18)10-17(19)9-15/h8-10,12-14,20H,4-7,11H2,1-3H3. The fourth-order valence-electron chi connectivity index (χ4n) is 3.19. The molecule has 1 N–H and O–H groups in total. The van der Waals surface area contributed by atoms with Crippen molar-refractivity contribution in [3.8, 4) is 0 Å². The van der Waals surface area contributed by atoms with Crippen LogP contribution in [0.5, 0.6) is 0 Å². The Morgan fingerprint density at radius 3 is 2.19 bits per heavy atom. The molecule has 118 valence electrons. The highest BCUT2D eigenvalue weighted by molar-refractivity contribution is 5.21. The van der Waals surface area contributed by atoms with Gasteiger partial charge >= 0.3 is 0 Å². The molecule has 1 aromatic carbocycles. The van der Waals surface area contributed by atoms with Crippen molar-refractivity contribution < 1.29 is 8.78 Å². The highest BCUT2D eigenvalue weighted by Gasteiger charge is 2.24. The van der Waals surface area contributed by atoms with Gasteiger partial charge in [0.25, 0.3) is 0 Å². The van der Waals surface area contributed by atoms with Crippen LogP contribution in [-0.4, -0.2) is 30.6 Å². The summed E-state index contributed by atoms with van der Waals surface area (Å²) in [7, 11) is 0. The number of nitrogens with one attached hydrogen (secondary N) is 1. The number of hydrogen-bond donors (Lipinski definition) is 1. The van der Waals surface area contributed by atoms with Gasteiger partial charge in [0.2, 0.25) is 0 Å². The minimum atomic E-state index is -0.498. The summed E-state index contributed by atoms with van der Waals surface area (Å²) in [4.78, 5) is 2.35. The predicted octanol–water partition coefficient (Wildman–Crippen LogP) is 3.74. The first-order chi connectivity index (χ1) is 9.97. The van der Waals surface area contributed by atoms with Gasteiger partial charge in [0.15, 0.2) is 0 Å². The van der Waals surface area contributed by atoms with Crippen molar-refractivity contribution in [3.05, 3.63) is 35.4 Å². The van der Waals surface area contributed by atoms with E-state index >= 15 is 0 Å². The topological polar surface area (TPSA) is 15.3 Å². The molecule has 2 nitrogen and oxygen atoms in total. The molecule has 0 aromatic heterocycles. The normalized spacial score (nSPS) is 18.4. The predicted molar refractivity (Wildman–Crippen MR) is 82.2 cm³/mol. The quantitative estimate of drug-likeness (QED) is 0.890. The molecule has 1 aliphatic rings. The fourth-order valence-corrected chi connectivity index (χ4v) is 3.19. The van der Waals surface area contributed by atoms with E-state index < -0.39 is 11.6 Å². The van der Waals surface area contributed by atoms with Gasteiger partial charge in [0.05, 0.1) is 0 Å². The van der Waals surface area contributed by atoms with Gasteiger partial charge in [-0.05, 0) is 70.3 Å². The van der Waals surface area contributed by atoms with Crippen LogP contribution >= 0.6 is 0 Å². The number of nitrogens with zero attached hydrogens (tertiary/aromatic N) is 1. The molecule has 1 aromatic rings. The van der Waals surface area contributed by atoms with Crippen molar-refractivity contribution in [2.45, 2.75) is 45.7 Å². The minimum absolute atomic E-state index is 0.0186. The summed E-state index contributed by atoms with van der Waals surface area (Å²) in [6.45, 7) is 9.45. The van der Waals surface area contributed by atoms with Crippen LogP contribution in [0.1, 0.15) is 45.2 Å². The summed E-state index contributed by atoms with van der Waals surface area (Å²) in [5, 5.41) is 3.38. The second-order valence-corrected chi connectivity index (χ2v) is 6.36. The van der Waals surface area contributed by atoms with Crippen LogP contribution in [0, 0.1) is 17.6 Å². The van der Waals surface area contributed by atoms with Gasteiger partial charge in [-0.2, -0.15) is 0 Å². The average Bonchev–Trinajstić information content (AvgIpc) is 2.44. The molecule has 1 unspecified atom stereocenters. The summed E-state index contributed by atoms with van der Waals surface area (Å²) in [5.41, 5.74) is 0.718. The van der Waals surface area contributed by atoms with Crippen LogP contribution in [-0.2, 0) is 0 Å². The average molecular weight is 296 g/mol. The van der Waals surface area contributed by atoms with Gasteiger partial charge in [-0.3, -0.25) is 4.90 Å². The van der Waals surface area contributed by atoms with E-state index in [2.05, 4.69) is 24.1 Å². The molecule has 0 saturated carbocycles. The molecule has 21 heavy (non-hydrogen) atoms. The maximum atomic E-state index is 13.4. The highest BCUT2D eigenvalue weighted by Crippen LogP contribution is 2.27. The Hall–Kier alpha value is -1.00. The number of rotatable bonds is 5. The third-order valence-electron chi connectivity index (χ3n) is 4.46. The van der Waals surface area contributed by atoms with Crippen molar-refractivity contribution >= 4 is 0 Å². The second kappa shape index (κ2) is 7.32. The smallest absolute Gasteiger partial charge is 0.126 e. The largest absolute Gasteiger partial charge is 0.317 e. The Bertz CT molecular complexity index is 436. The molecule has 0 spiro atoms. The molecule has 4 heteroatoms. The maximum absolute atomic E-state index is 13.4. The van der Waals surface area contributed by atoms with Gasteiger partial charge in [-0.15, -0.1) is 0 Å². The lowest BCUT2D eigenvalue weighted by molar-refractivity contribution is 0.124. The number of benzene rings is 1. The zero-order valence-electron chi connectivity index (χ0n) is 13.2. The van der Waals surface area contributed by atoms with Crippen LogP contribution in [0.15, 0.2) is 18.2 Å². The molecule has 0 aliphatic carbocycles. The number of piperidine rings is 1. The van der Waals surface area contributed by atoms with Crippen molar-refractivity contribution in [1.29, 1.82) is 0 Å². The molecule has 1 fully saturated rings. The Morgan fingerprint density at radius 2 is 1.67 bits per heavy atom. The van der Waals surface area contributed by atoms with Crippen molar-refractivity contribution in [2.24, 2.45) is 5.92 Å². The van der Waals surface area contributed by atoms with E-state index in [-0.39, 0.29) is 6.04 Å². The van der Waals surface area contributed by atoms with Gasteiger partial charge in [-0.1, -0.05) is 0 Å². The molecule has 0 amide bonds. The van der Waals surface area contributed by atoms with Crippen molar-refractivity contribution in [1.82, 2.24) is 10.2 Å². The first-order valence-corrected chi connectivity index (χ1v) is 7.90. The Morgan fingerprint density at radius 1 is 1.10 bits per heavy atom. The fraction of sp³-hybridized carbons (Fsp3) is 0.647. The van der Waals surface area contributed by atoms with Crippen LogP contribution in [0.2, 0.25) is 0 Å². The van der Waals surface area contributed by atoms with E-state index in [1.807, 2.05) is 6.92 Å². The first-order valence-electron chi connectivity index (χ1n) is 7.90. The number of hydrogen-bond acceptors (Lipinski definition) is 2. The maximum Gasteiger partial charge on any atom is 0.126 e. The molecule has 1 saturated heterocycles. The molecule has 1 heterocycles. The number of halogens is 2. The highest BCUT2D eigenvalue weighted by atomic mass is 19.1. The third-order valence-corrected chi connectivity index (χ3v) is 4.46. The van der Waals surface area contributed by atoms with E-state index in [9.17, 15) is 8.78 Å². The van der Waals surface area contributed by atoms with E-state index in [0.29, 0.717) is 12.0 Å². The monoisotopic (exact) mass is 296 g/mol. The van der Waals surface area contributed by atoms with Crippen LogP contribution in [0.3, 0.4) is 0 Å². The molecule has 1 aliphatic heterocycles. The lowest BCUT2D eigenvalue weighted by Crippen LogP contribution is -2.40. The molecular formula is C17H26F2N2. The molecule has 1 atom stereocenters. The zero-order valence-corrected chi connectivity index (χ0v) is 13.2. The van der Waals surface area contributed by atoms with Gasteiger partial charge < -0.3 is 5.32 Å². The second-order valence-electron chi connectivity index (χ2n) is 6.36. The summed E-state index contributed by atoms with van der Waals surface area (Å²) in [5.74, 6) is -0.334. The molecule has 0 radical (unpaired) electrons. The van der Waals surface area contributed by atoms with Gasteiger partial charge in [0, 0.05) is 24.7 Å². The van der Waals surface area contributed by atoms with E-state index in [4.69, 9.17) is 0 Å². The van der Waals surface area contributed by atoms with Crippen LogP contribution < -0.4 is 5.32 Å².